The number of benzene rings is 1. The van der Waals surface area contributed by atoms with Crippen molar-refractivity contribution < 1.29 is 5.11 Å². The second kappa shape index (κ2) is 7.86. The summed E-state index contributed by atoms with van der Waals surface area (Å²) in [4.78, 5) is 6.36. The van der Waals surface area contributed by atoms with Gasteiger partial charge in [-0.2, -0.15) is 5.10 Å². The summed E-state index contributed by atoms with van der Waals surface area (Å²) < 4.78 is 0. The molecule has 5 nitrogen and oxygen atoms in total. The number of rotatable bonds is 7. The molecule has 3 aromatic rings. The monoisotopic (exact) mass is 322 g/mol. The van der Waals surface area contributed by atoms with Crippen LogP contribution in [0.2, 0.25) is 0 Å². The van der Waals surface area contributed by atoms with E-state index in [-0.39, 0.29) is 6.61 Å². The van der Waals surface area contributed by atoms with Crippen LogP contribution < -0.4 is 0 Å². The summed E-state index contributed by atoms with van der Waals surface area (Å²) in [6.07, 6.45) is 5.50. The minimum Gasteiger partial charge on any atom is -0.395 e. The fourth-order valence-electron chi connectivity index (χ4n) is 2.83. The lowest BCUT2D eigenvalue weighted by molar-refractivity contribution is 0.184. The number of nitrogens with one attached hydrogen (secondary N) is 1. The molecule has 0 bridgehead atoms. The van der Waals surface area contributed by atoms with Gasteiger partial charge in [-0.3, -0.25) is 15.0 Å². The molecule has 0 saturated heterocycles. The Hall–Kier alpha value is -2.50. The van der Waals surface area contributed by atoms with E-state index in [0.29, 0.717) is 6.54 Å². The predicted molar refractivity (Wildman–Crippen MR) is 94.2 cm³/mol. The van der Waals surface area contributed by atoms with Crippen molar-refractivity contribution in [3.8, 4) is 11.3 Å². The van der Waals surface area contributed by atoms with Gasteiger partial charge in [0.25, 0.3) is 0 Å². The van der Waals surface area contributed by atoms with Crippen LogP contribution in [0.3, 0.4) is 0 Å². The summed E-state index contributed by atoms with van der Waals surface area (Å²) in [6.45, 7) is 4.27. The van der Waals surface area contributed by atoms with Crippen LogP contribution >= 0.6 is 0 Å². The third-order valence-electron chi connectivity index (χ3n) is 3.96. The Morgan fingerprint density at radius 1 is 1.12 bits per heavy atom. The van der Waals surface area contributed by atoms with E-state index in [2.05, 4.69) is 51.3 Å². The van der Waals surface area contributed by atoms with Gasteiger partial charge in [0.1, 0.15) is 0 Å². The summed E-state index contributed by atoms with van der Waals surface area (Å²) in [5.74, 6) is 0. The molecular weight excluding hydrogens is 300 g/mol. The number of nitrogens with zero attached hydrogens (tertiary/aromatic N) is 3. The van der Waals surface area contributed by atoms with E-state index in [9.17, 15) is 5.11 Å². The molecule has 2 aromatic heterocycles. The Morgan fingerprint density at radius 3 is 2.79 bits per heavy atom. The number of aliphatic hydroxyl groups excluding tert-OH is 1. The first-order valence-electron chi connectivity index (χ1n) is 8.07. The third-order valence-corrected chi connectivity index (χ3v) is 3.96. The van der Waals surface area contributed by atoms with Crippen LogP contribution in [0.4, 0.5) is 0 Å². The quantitative estimate of drug-likeness (QED) is 0.702. The number of hydrogen-bond donors (Lipinski definition) is 2. The third kappa shape index (κ3) is 4.07. The molecule has 2 heterocycles. The first-order chi connectivity index (χ1) is 11.8. The highest BCUT2D eigenvalue weighted by Gasteiger charge is 2.13. The van der Waals surface area contributed by atoms with Gasteiger partial charge >= 0.3 is 0 Å². The molecule has 0 fully saturated rings. The van der Waals surface area contributed by atoms with Gasteiger partial charge in [0, 0.05) is 43.2 Å². The van der Waals surface area contributed by atoms with Crippen LogP contribution in [-0.2, 0) is 13.1 Å². The second-order valence-electron chi connectivity index (χ2n) is 5.94. The van der Waals surface area contributed by atoms with E-state index in [1.165, 1.54) is 5.56 Å². The molecule has 0 saturated carbocycles. The summed E-state index contributed by atoms with van der Waals surface area (Å²) in [5, 5.41) is 16.7. The first-order valence-corrected chi connectivity index (χ1v) is 8.07. The zero-order valence-electron chi connectivity index (χ0n) is 13.8. The summed E-state index contributed by atoms with van der Waals surface area (Å²) >= 11 is 0. The maximum atomic E-state index is 9.39. The molecule has 124 valence electrons. The van der Waals surface area contributed by atoms with Crippen LogP contribution in [0, 0.1) is 6.92 Å². The predicted octanol–water partition coefficient (Wildman–Crippen LogP) is 2.77. The Balaban J connectivity index is 1.79. The van der Waals surface area contributed by atoms with Gasteiger partial charge in [0.05, 0.1) is 18.5 Å². The number of H-pyrrole nitrogens is 1. The van der Waals surface area contributed by atoms with Gasteiger partial charge in [0.2, 0.25) is 0 Å². The smallest absolute Gasteiger partial charge is 0.0695 e. The second-order valence-corrected chi connectivity index (χ2v) is 5.94. The van der Waals surface area contributed by atoms with Gasteiger partial charge in [-0.25, -0.2) is 0 Å². The highest BCUT2D eigenvalue weighted by Crippen LogP contribution is 2.23. The average Bonchev–Trinajstić information content (AvgIpc) is 3.04. The van der Waals surface area contributed by atoms with Crippen LogP contribution in [0.5, 0.6) is 0 Å². The van der Waals surface area contributed by atoms with E-state index in [1.54, 1.807) is 6.20 Å². The minimum absolute atomic E-state index is 0.123. The molecule has 5 heteroatoms. The van der Waals surface area contributed by atoms with Crippen LogP contribution in [0.15, 0.2) is 55.0 Å². The van der Waals surface area contributed by atoms with E-state index < -0.39 is 0 Å². The molecule has 0 aliphatic heterocycles. The summed E-state index contributed by atoms with van der Waals surface area (Å²) in [5.41, 5.74) is 5.64. The summed E-state index contributed by atoms with van der Waals surface area (Å²) in [6, 6.07) is 12.4. The SMILES string of the molecule is Cc1cccc(-c2[nH]ncc2CN(CCO)Cc2cccnc2)c1. The molecule has 0 aliphatic rings. The van der Waals surface area contributed by atoms with Crippen molar-refractivity contribution >= 4 is 0 Å². The number of aromatic nitrogens is 3. The van der Waals surface area contributed by atoms with Crippen LogP contribution in [0.1, 0.15) is 16.7 Å². The maximum Gasteiger partial charge on any atom is 0.0695 e. The van der Waals surface area contributed by atoms with E-state index in [0.717, 1.165) is 35.5 Å². The maximum absolute atomic E-state index is 9.39. The standard InChI is InChI=1S/C19H22N4O/c1-15-4-2-6-17(10-15)19-18(12-21-22-19)14-23(8-9-24)13-16-5-3-7-20-11-16/h2-7,10-12,24H,8-9,13-14H2,1H3,(H,21,22). The molecule has 0 spiro atoms. The lowest BCUT2D eigenvalue weighted by Gasteiger charge is -2.21. The molecule has 1 aromatic carbocycles. The van der Waals surface area contributed by atoms with Gasteiger partial charge < -0.3 is 5.11 Å². The largest absolute Gasteiger partial charge is 0.395 e. The Kier molecular flexibility index (Phi) is 5.36. The van der Waals surface area contributed by atoms with Crippen molar-refractivity contribution in [3.05, 3.63) is 71.7 Å². The number of aryl methyl sites for hydroxylation is 1. The van der Waals surface area contributed by atoms with Gasteiger partial charge in [-0.05, 0) is 24.6 Å². The van der Waals surface area contributed by atoms with Gasteiger partial charge in [-0.15, -0.1) is 0 Å². The average molecular weight is 322 g/mol. The molecular formula is C19H22N4O. The Bertz CT molecular complexity index is 770. The molecule has 0 aliphatic carbocycles. The number of aliphatic hydroxyl groups is 1. The number of hydrogen-bond acceptors (Lipinski definition) is 4. The molecule has 2 N–H and O–H groups in total. The van der Waals surface area contributed by atoms with Crippen molar-refractivity contribution in [2.75, 3.05) is 13.2 Å². The lowest BCUT2D eigenvalue weighted by atomic mass is 10.1. The normalized spacial score (nSPS) is 11.1. The van der Waals surface area contributed by atoms with E-state index >= 15 is 0 Å². The molecule has 0 amide bonds. The number of aromatic amines is 1. The van der Waals surface area contributed by atoms with E-state index in [4.69, 9.17) is 0 Å². The molecule has 3 rings (SSSR count). The molecule has 24 heavy (non-hydrogen) atoms. The van der Waals surface area contributed by atoms with Gasteiger partial charge in [-0.1, -0.05) is 29.8 Å². The summed E-state index contributed by atoms with van der Waals surface area (Å²) in [7, 11) is 0. The van der Waals surface area contributed by atoms with Crippen molar-refractivity contribution in [2.24, 2.45) is 0 Å². The van der Waals surface area contributed by atoms with E-state index in [1.807, 2.05) is 24.5 Å². The highest BCUT2D eigenvalue weighted by molar-refractivity contribution is 5.63. The Morgan fingerprint density at radius 2 is 2.04 bits per heavy atom. The fourth-order valence-corrected chi connectivity index (χ4v) is 2.83. The van der Waals surface area contributed by atoms with Crippen LogP contribution in [-0.4, -0.2) is 38.3 Å². The van der Waals surface area contributed by atoms with Crippen molar-refractivity contribution in [1.82, 2.24) is 20.1 Å². The minimum atomic E-state index is 0.123. The molecule has 0 unspecified atom stereocenters. The van der Waals surface area contributed by atoms with Crippen LogP contribution in [0.25, 0.3) is 11.3 Å². The van der Waals surface area contributed by atoms with Crippen molar-refractivity contribution in [2.45, 2.75) is 20.0 Å². The zero-order chi connectivity index (χ0) is 16.8. The topological polar surface area (TPSA) is 65.0 Å². The molecule has 0 atom stereocenters. The molecule has 0 radical (unpaired) electrons. The highest BCUT2D eigenvalue weighted by atomic mass is 16.3. The van der Waals surface area contributed by atoms with Gasteiger partial charge in [0.15, 0.2) is 0 Å². The zero-order valence-corrected chi connectivity index (χ0v) is 13.8. The Labute approximate surface area is 142 Å². The van der Waals surface area contributed by atoms with Crippen molar-refractivity contribution in [3.63, 3.8) is 0 Å². The lowest BCUT2D eigenvalue weighted by Crippen LogP contribution is -2.26. The fraction of sp³-hybridized carbons (Fsp3) is 0.263. The van der Waals surface area contributed by atoms with Crippen molar-refractivity contribution in [1.29, 1.82) is 0 Å². The number of pyridine rings is 1. The first kappa shape index (κ1) is 16.4.